The third-order valence-corrected chi connectivity index (χ3v) is 5.49. The van der Waals surface area contributed by atoms with Crippen molar-refractivity contribution >= 4 is 11.9 Å². The molecule has 1 rings (SSSR count). The second-order valence-electron chi connectivity index (χ2n) is 7.16. The van der Waals surface area contributed by atoms with Crippen LogP contribution in [-0.4, -0.2) is 49.0 Å². The first kappa shape index (κ1) is 21.8. The summed E-state index contributed by atoms with van der Waals surface area (Å²) >= 11 is 0. The highest BCUT2D eigenvalue weighted by Gasteiger charge is 2.26. The summed E-state index contributed by atoms with van der Waals surface area (Å²) in [4.78, 5) is 19.3. The zero-order chi connectivity index (χ0) is 18.7. The third kappa shape index (κ3) is 7.25. The van der Waals surface area contributed by atoms with Gasteiger partial charge in [0, 0.05) is 38.1 Å². The number of guanidine groups is 1. The average Bonchev–Trinajstić information content (AvgIpc) is 2.64. The van der Waals surface area contributed by atoms with Gasteiger partial charge in [0.25, 0.3) is 0 Å². The lowest BCUT2D eigenvalue weighted by Crippen LogP contribution is -2.50. The number of nitrogens with one attached hydrogen (secondary N) is 2. The number of hydrogen-bond donors (Lipinski definition) is 2. The lowest BCUT2D eigenvalue weighted by molar-refractivity contribution is -0.136. The highest BCUT2D eigenvalue weighted by molar-refractivity contribution is 5.80. The van der Waals surface area contributed by atoms with Gasteiger partial charge in [-0.15, -0.1) is 0 Å². The molecule has 1 saturated heterocycles. The van der Waals surface area contributed by atoms with Crippen molar-refractivity contribution in [1.82, 2.24) is 15.5 Å². The summed E-state index contributed by atoms with van der Waals surface area (Å²) in [6.45, 7) is 14.3. The Kier molecular flexibility index (Phi) is 10.6. The molecule has 0 unspecified atom stereocenters. The van der Waals surface area contributed by atoms with E-state index in [2.05, 4.69) is 50.2 Å². The van der Waals surface area contributed by atoms with Gasteiger partial charge >= 0.3 is 0 Å². The Balaban J connectivity index is 2.51. The zero-order valence-corrected chi connectivity index (χ0v) is 17.1. The number of aliphatic imine (C=N–C) groups is 1. The van der Waals surface area contributed by atoms with Crippen LogP contribution in [0.5, 0.6) is 0 Å². The fraction of sp³-hybridized carbons (Fsp3) is 0.900. The van der Waals surface area contributed by atoms with E-state index in [-0.39, 0.29) is 5.92 Å². The minimum atomic E-state index is 0.198. The predicted octanol–water partition coefficient (Wildman–Crippen LogP) is 3.40. The molecule has 0 spiro atoms. The Labute approximate surface area is 155 Å². The van der Waals surface area contributed by atoms with Gasteiger partial charge in [0.15, 0.2) is 5.96 Å². The van der Waals surface area contributed by atoms with E-state index in [1.54, 1.807) is 0 Å². The standard InChI is InChI=1S/C20H40N4O/c1-6-16(7-2)15-22-20(21-10-5)23-18-11-13-24(14-12-18)19(25)17(8-3)9-4/h16-18H,6-15H2,1-5H3,(H2,21,22,23). The maximum Gasteiger partial charge on any atom is 0.225 e. The molecule has 5 nitrogen and oxygen atoms in total. The number of rotatable bonds is 9. The molecule has 0 aliphatic carbocycles. The summed E-state index contributed by atoms with van der Waals surface area (Å²) in [6, 6.07) is 0.408. The maximum absolute atomic E-state index is 12.5. The first-order valence-corrected chi connectivity index (χ1v) is 10.4. The van der Waals surface area contributed by atoms with E-state index in [0.29, 0.717) is 17.9 Å². The Morgan fingerprint density at radius 1 is 1.04 bits per heavy atom. The van der Waals surface area contributed by atoms with E-state index in [4.69, 9.17) is 4.99 Å². The quantitative estimate of drug-likeness (QED) is 0.494. The summed E-state index contributed by atoms with van der Waals surface area (Å²) in [5.41, 5.74) is 0. The van der Waals surface area contributed by atoms with E-state index in [1.165, 1.54) is 12.8 Å². The smallest absolute Gasteiger partial charge is 0.225 e. The molecule has 1 aliphatic rings. The Morgan fingerprint density at radius 2 is 1.64 bits per heavy atom. The lowest BCUT2D eigenvalue weighted by Gasteiger charge is -2.35. The number of carbonyl (C=O) groups excluding carboxylic acids is 1. The third-order valence-electron chi connectivity index (χ3n) is 5.49. The molecule has 0 saturated carbocycles. The molecule has 0 aromatic rings. The summed E-state index contributed by atoms with van der Waals surface area (Å²) in [7, 11) is 0. The fourth-order valence-corrected chi connectivity index (χ4v) is 3.42. The van der Waals surface area contributed by atoms with Crippen molar-refractivity contribution in [2.24, 2.45) is 16.8 Å². The molecule has 25 heavy (non-hydrogen) atoms. The molecule has 2 N–H and O–H groups in total. The normalized spacial score (nSPS) is 16.6. The van der Waals surface area contributed by atoms with Crippen LogP contribution >= 0.6 is 0 Å². The number of nitrogens with zero attached hydrogens (tertiary/aromatic N) is 2. The first-order valence-electron chi connectivity index (χ1n) is 10.4. The van der Waals surface area contributed by atoms with Crippen LogP contribution in [-0.2, 0) is 4.79 Å². The van der Waals surface area contributed by atoms with E-state index >= 15 is 0 Å². The Bertz CT molecular complexity index is 395. The molecule has 1 aliphatic heterocycles. The van der Waals surface area contributed by atoms with E-state index in [9.17, 15) is 4.79 Å². The van der Waals surface area contributed by atoms with E-state index in [1.807, 2.05) is 0 Å². The monoisotopic (exact) mass is 352 g/mol. The SMILES string of the molecule is CCNC(=NCC(CC)CC)NC1CCN(C(=O)C(CC)CC)CC1. The molecule has 0 atom stereocenters. The lowest BCUT2D eigenvalue weighted by atomic mass is 9.98. The van der Waals surface area contributed by atoms with Crippen molar-refractivity contribution in [1.29, 1.82) is 0 Å². The van der Waals surface area contributed by atoms with Gasteiger partial charge in [0.2, 0.25) is 5.91 Å². The van der Waals surface area contributed by atoms with Gasteiger partial charge in [-0.05, 0) is 38.5 Å². The largest absolute Gasteiger partial charge is 0.357 e. The van der Waals surface area contributed by atoms with Crippen LogP contribution in [0.25, 0.3) is 0 Å². The number of piperidine rings is 1. The van der Waals surface area contributed by atoms with Crippen molar-refractivity contribution < 1.29 is 4.79 Å². The number of hydrogen-bond acceptors (Lipinski definition) is 2. The van der Waals surface area contributed by atoms with Gasteiger partial charge in [-0.2, -0.15) is 0 Å². The van der Waals surface area contributed by atoms with Crippen molar-refractivity contribution in [3.05, 3.63) is 0 Å². The summed E-state index contributed by atoms with van der Waals surface area (Å²) in [6.07, 6.45) is 6.25. The second kappa shape index (κ2) is 12.2. The highest BCUT2D eigenvalue weighted by Crippen LogP contribution is 2.17. The van der Waals surface area contributed by atoms with Gasteiger partial charge in [-0.3, -0.25) is 9.79 Å². The predicted molar refractivity (Wildman–Crippen MR) is 107 cm³/mol. The molecular weight excluding hydrogens is 312 g/mol. The molecule has 5 heteroatoms. The number of likely N-dealkylation sites (tertiary alicyclic amines) is 1. The molecule has 0 aromatic carbocycles. The van der Waals surface area contributed by atoms with Crippen LogP contribution in [0.3, 0.4) is 0 Å². The van der Waals surface area contributed by atoms with Gasteiger partial charge in [0.1, 0.15) is 0 Å². The average molecular weight is 353 g/mol. The maximum atomic E-state index is 12.5. The van der Waals surface area contributed by atoms with Crippen molar-refractivity contribution in [3.8, 4) is 0 Å². The van der Waals surface area contributed by atoms with Crippen molar-refractivity contribution in [2.75, 3.05) is 26.2 Å². The Hall–Kier alpha value is -1.26. The Morgan fingerprint density at radius 3 is 2.12 bits per heavy atom. The highest BCUT2D eigenvalue weighted by atomic mass is 16.2. The number of carbonyl (C=O) groups is 1. The molecule has 1 fully saturated rings. The molecule has 1 amide bonds. The van der Waals surface area contributed by atoms with E-state index in [0.717, 1.165) is 57.8 Å². The van der Waals surface area contributed by atoms with Crippen LogP contribution < -0.4 is 10.6 Å². The minimum absolute atomic E-state index is 0.198. The topological polar surface area (TPSA) is 56.7 Å². The molecular formula is C20H40N4O. The molecule has 1 heterocycles. The van der Waals surface area contributed by atoms with Crippen LogP contribution in [0.15, 0.2) is 4.99 Å². The minimum Gasteiger partial charge on any atom is -0.357 e. The van der Waals surface area contributed by atoms with Gasteiger partial charge in [0.05, 0.1) is 0 Å². The van der Waals surface area contributed by atoms with Crippen molar-refractivity contribution in [3.63, 3.8) is 0 Å². The number of amides is 1. The summed E-state index contributed by atoms with van der Waals surface area (Å²) < 4.78 is 0. The second-order valence-corrected chi connectivity index (χ2v) is 7.16. The molecule has 0 aromatic heterocycles. The first-order chi connectivity index (χ1) is 12.1. The van der Waals surface area contributed by atoms with Gasteiger partial charge in [-0.1, -0.05) is 40.5 Å². The molecule has 0 radical (unpaired) electrons. The van der Waals surface area contributed by atoms with Crippen LogP contribution in [0, 0.1) is 11.8 Å². The van der Waals surface area contributed by atoms with E-state index < -0.39 is 0 Å². The van der Waals surface area contributed by atoms with Gasteiger partial charge in [-0.25, -0.2) is 0 Å². The van der Waals surface area contributed by atoms with Crippen LogP contribution in [0.2, 0.25) is 0 Å². The van der Waals surface area contributed by atoms with Crippen LogP contribution in [0.1, 0.15) is 73.1 Å². The molecule has 0 bridgehead atoms. The molecule has 146 valence electrons. The van der Waals surface area contributed by atoms with Crippen LogP contribution in [0.4, 0.5) is 0 Å². The zero-order valence-electron chi connectivity index (χ0n) is 17.1. The summed E-state index contributed by atoms with van der Waals surface area (Å²) in [5, 5.41) is 6.94. The fourth-order valence-electron chi connectivity index (χ4n) is 3.42. The van der Waals surface area contributed by atoms with Gasteiger partial charge < -0.3 is 15.5 Å². The van der Waals surface area contributed by atoms with Crippen molar-refractivity contribution in [2.45, 2.75) is 79.2 Å². The summed E-state index contributed by atoms with van der Waals surface area (Å²) in [5.74, 6) is 2.13.